The minimum Gasteiger partial charge on any atom is -0.480 e. The molecule has 0 bridgehead atoms. The van der Waals surface area contributed by atoms with E-state index < -0.39 is 33.3 Å². The summed E-state index contributed by atoms with van der Waals surface area (Å²) in [6.45, 7) is 2.71. The zero-order valence-corrected chi connectivity index (χ0v) is 12.6. The molecule has 0 aromatic heterocycles. The molecule has 0 atom stereocenters. The third kappa shape index (κ3) is 3.91. The molecule has 0 spiro atoms. The Morgan fingerprint density at radius 1 is 1.45 bits per heavy atom. The molecular formula is C12H15ClFNO4S. The Morgan fingerprint density at radius 2 is 2.05 bits per heavy atom. The van der Waals surface area contributed by atoms with E-state index in [1.165, 1.54) is 12.1 Å². The van der Waals surface area contributed by atoms with Crippen LogP contribution in [-0.4, -0.2) is 36.9 Å². The van der Waals surface area contributed by atoms with Gasteiger partial charge in [0.15, 0.2) is 5.82 Å². The van der Waals surface area contributed by atoms with Crippen LogP contribution in [0.2, 0.25) is 5.02 Å². The Hall–Kier alpha value is -1.18. The summed E-state index contributed by atoms with van der Waals surface area (Å²) in [6.07, 6.45) is 0. The third-order valence-electron chi connectivity index (χ3n) is 2.41. The van der Waals surface area contributed by atoms with E-state index in [0.717, 1.165) is 10.4 Å². The van der Waals surface area contributed by atoms with Crippen LogP contribution in [0.25, 0.3) is 0 Å². The first-order valence-corrected chi connectivity index (χ1v) is 7.64. The zero-order valence-electron chi connectivity index (χ0n) is 11.0. The number of carboxylic acid groups (broad SMARTS) is 1. The highest BCUT2D eigenvalue weighted by molar-refractivity contribution is 7.89. The van der Waals surface area contributed by atoms with E-state index >= 15 is 0 Å². The summed E-state index contributed by atoms with van der Waals surface area (Å²) >= 11 is 5.56. The summed E-state index contributed by atoms with van der Waals surface area (Å²) in [5.41, 5.74) is 0. The van der Waals surface area contributed by atoms with Gasteiger partial charge in [0, 0.05) is 6.54 Å². The van der Waals surface area contributed by atoms with Crippen molar-refractivity contribution in [3.05, 3.63) is 29.0 Å². The van der Waals surface area contributed by atoms with E-state index in [1.807, 2.05) is 0 Å². The van der Waals surface area contributed by atoms with E-state index in [-0.39, 0.29) is 17.5 Å². The van der Waals surface area contributed by atoms with E-state index in [2.05, 4.69) is 0 Å². The van der Waals surface area contributed by atoms with Gasteiger partial charge in [-0.2, -0.15) is 4.31 Å². The van der Waals surface area contributed by atoms with Crippen molar-refractivity contribution < 1.29 is 22.7 Å². The minimum atomic E-state index is -4.25. The predicted molar refractivity (Wildman–Crippen MR) is 72.6 cm³/mol. The highest BCUT2D eigenvalue weighted by atomic mass is 35.5. The van der Waals surface area contributed by atoms with Crippen LogP contribution in [0, 0.1) is 11.7 Å². The van der Waals surface area contributed by atoms with Gasteiger partial charge in [0.2, 0.25) is 10.0 Å². The van der Waals surface area contributed by atoms with Gasteiger partial charge in [-0.15, -0.1) is 0 Å². The van der Waals surface area contributed by atoms with Crippen LogP contribution in [0.15, 0.2) is 23.1 Å². The standard InChI is InChI=1S/C12H15ClFNO4S/c1-8(2)6-15(7-11(16)17)20(18,19)10-5-3-4-9(13)12(10)14/h3-5,8H,6-7H2,1-2H3,(H,16,17). The topological polar surface area (TPSA) is 74.7 Å². The van der Waals surface area contributed by atoms with Crippen molar-refractivity contribution in [3.63, 3.8) is 0 Å². The molecule has 1 aromatic carbocycles. The van der Waals surface area contributed by atoms with Crippen molar-refractivity contribution in [1.82, 2.24) is 4.31 Å². The van der Waals surface area contributed by atoms with E-state index in [1.54, 1.807) is 13.8 Å². The highest BCUT2D eigenvalue weighted by Gasteiger charge is 2.30. The van der Waals surface area contributed by atoms with Gasteiger partial charge in [0.25, 0.3) is 0 Å². The second kappa shape index (κ2) is 6.51. The maximum Gasteiger partial charge on any atom is 0.318 e. The van der Waals surface area contributed by atoms with Gasteiger partial charge in [-0.25, -0.2) is 12.8 Å². The van der Waals surface area contributed by atoms with Crippen LogP contribution in [-0.2, 0) is 14.8 Å². The number of sulfonamides is 1. The van der Waals surface area contributed by atoms with Crippen molar-refractivity contribution in [1.29, 1.82) is 0 Å². The molecule has 0 unspecified atom stereocenters. The Balaban J connectivity index is 3.28. The zero-order chi connectivity index (χ0) is 15.5. The summed E-state index contributed by atoms with van der Waals surface area (Å²) in [5.74, 6) is -2.49. The molecule has 0 aliphatic carbocycles. The van der Waals surface area contributed by atoms with Gasteiger partial charge in [0.1, 0.15) is 11.4 Å². The fraction of sp³-hybridized carbons (Fsp3) is 0.417. The normalized spacial score (nSPS) is 12.1. The second-order valence-corrected chi connectivity index (χ2v) is 6.95. The van der Waals surface area contributed by atoms with Crippen molar-refractivity contribution >= 4 is 27.6 Å². The van der Waals surface area contributed by atoms with Crippen LogP contribution >= 0.6 is 11.6 Å². The first-order valence-electron chi connectivity index (χ1n) is 5.82. The summed E-state index contributed by atoms with van der Waals surface area (Å²) in [5, 5.41) is 8.48. The quantitative estimate of drug-likeness (QED) is 0.871. The number of halogens is 2. The molecule has 20 heavy (non-hydrogen) atoms. The molecule has 0 saturated carbocycles. The fourth-order valence-corrected chi connectivity index (χ4v) is 3.50. The lowest BCUT2D eigenvalue weighted by molar-refractivity contribution is -0.137. The minimum absolute atomic E-state index is 0.0272. The van der Waals surface area contributed by atoms with Crippen LogP contribution < -0.4 is 0 Å². The number of hydrogen-bond acceptors (Lipinski definition) is 3. The Kier molecular flexibility index (Phi) is 5.50. The van der Waals surface area contributed by atoms with E-state index in [0.29, 0.717) is 0 Å². The first kappa shape index (κ1) is 16.9. The number of hydrogen-bond donors (Lipinski definition) is 1. The Bertz CT molecular complexity index is 603. The maximum absolute atomic E-state index is 13.8. The average molecular weight is 324 g/mol. The molecule has 0 fully saturated rings. The number of nitrogens with zero attached hydrogens (tertiary/aromatic N) is 1. The van der Waals surface area contributed by atoms with Gasteiger partial charge in [-0.1, -0.05) is 31.5 Å². The summed E-state index contributed by atoms with van der Waals surface area (Å²) in [6, 6.07) is 3.58. The lowest BCUT2D eigenvalue weighted by Gasteiger charge is -2.22. The number of rotatable bonds is 6. The molecular weight excluding hydrogens is 309 g/mol. The smallest absolute Gasteiger partial charge is 0.318 e. The molecule has 0 radical (unpaired) electrons. The van der Waals surface area contributed by atoms with Crippen LogP contribution in [0.1, 0.15) is 13.8 Å². The highest BCUT2D eigenvalue weighted by Crippen LogP contribution is 2.25. The SMILES string of the molecule is CC(C)CN(CC(=O)O)S(=O)(=O)c1cccc(Cl)c1F. The molecule has 0 amide bonds. The molecule has 0 heterocycles. The van der Waals surface area contributed by atoms with Crippen molar-refractivity contribution in [2.24, 2.45) is 5.92 Å². The lowest BCUT2D eigenvalue weighted by atomic mass is 10.2. The van der Waals surface area contributed by atoms with Crippen molar-refractivity contribution in [3.8, 4) is 0 Å². The van der Waals surface area contributed by atoms with Gasteiger partial charge in [0.05, 0.1) is 5.02 Å². The Morgan fingerprint density at radius 3 is 2.55 bits per heavy atom. The molecule has 1 N–H and O–H groups in total. The van der Waals surface area contributed by atoms with Gasteiger partial charge in [-0.3, -0.25) is 4.79 Å². The second-order valence-electron chi connectivity index (χ2n) is 4.64. The molecule has 5 nitrogen and oxygen atoms in total. The van der Waals surface area contributed by atoms with Gasteiger partial charge >= 0.3 is 5.97 Å². The van der Waals surface area contributed by atoms with Gasteiger partial charge in [-0.05, 0) is 18.1 Å². The summed E-state index contributed by atoms with van der Waals surface area (Å²) in [7, 11) is -4.25. The Labute approximate surface area is 122 Å². The molecule has 8 heteroatoms. The largest absolute Gasteiger partial charge is 0.480 e. The molecule has 1 aromatic rings. The molecule has 112 valence electrons. The number of aliphatic carboxylic acids is 1. The fourth-order valence-electron chi connectivity index (χ4n) is 1.63. The predicted octanol–water partition coefficient (Wildman–Crippen LogP) is 2.21. The van der Waals surface area contributed by atoms with Crippen molar-refractivity contribution in [2.75, 3.05) is 13.1 Å². The molecule has 0 aliphatic rings. The first-order chi connectivity index (χ1) is 9.16. The lowest BCUT2D eigenvalue weighted by Crippen LogP contribution is -2.38. The van der Waals surface area contributed by atoms with Crippen molar-refractivity contribution in [2.45, 2.75) is 18.7 Å². The maximum atomic E-state index is 13.8. The number of benzene rings is 1. The number of carboxylic acids is 1. The van der Waals surface area contributed by atoms with Crippen LogP contribution in [0.3, 0.4) is 0 Å². The monoisotopic (exact) mass is 323 g/mol. The average Bonchev–Trinajstić information content (AvgIpc) is 2.30. The van der Waals surface area contributed by atoms with Crippen LogP contribution in [0.5, 0.6) is 0 Å². The van der Waals surface area contributed by atoms with E-state index in [9.17, 15) is 17.6 Å². The number of carbonyl (C=O) groups is 1. The molecule has 0 aliphatic heterocycles. The summed E-state index contributed by atoms with van der Waals surface area (Å²) < 4.78 is 39.3. The van der Waals surface area contributed by atoms with Crippen LogP contribution in [0.4, 0.5) is 4.39 Å². The third-order valence-corrected chi connectivity index (χ3v) is 4.54. The molecule has 1 rings (SSSR count). The van der Waals surface area contributed by atoms with Gasteiger partial charge < -0.3 is 5.11 Å². The molecule has 0 saturated heterocycles. The van der Waals surface area contributed by atoms with E-state index in [4.69, 9.17) is 16.7 Å². The summed E-state index contributed by atoms with van der Waals surface area (Å²) in [4.78, 5) is 10.2.